The van der Waals surface area contributed by atoms with Gasteiger partial charge in [0.1, 0.15) is 5.65 Å². The highest BCUT2D eigenvalue weighted by atomic mass is 14.9. The highest BCUT2D eigenvalue weighted by molar-refractivity contribution is 5.99. The molecule has 2 aliphatic carbocycles. The maximum Gasteiger partial charge on any atom is 0.140 e. The second-order valence-electron chi connectivity index (χ2n) is 5.89. The van der Waals surface area contributed by atoms with Crippen molar-refractivity contribution in [2.75, 3.05) is 5.73 Å². The Balaban J connectivity index is 2.05. The number of hydrogen-bond donors (Lipinski definition) is 2. The zero-order valence-electron chi connectivity index (χ0n) is 11.8. The fraction of sp³-hybridized carbons (Fsp3) is 0.353. The van der Waals surface area contributed by atoms with Crippen LogP contribution in [0.3, 0.4) is 0 Å². The Morgan fingerprint density at radius 2 is 2.10 bits per heavy atom. The molecule has 0 fully saturated rings. The summed E-state index contributed by atoms with van der Waals surface area (Å²) in [7, 11) is 0. The van der Waals surface area contributed by atoms with Gasteiger partial charge in [-0.2, -0.15) is 0 Å². The summed E-state index contributed by atoms with van der Waals surface area (Å²) < 4.78 is 0. The third-order valence-corrected chi connectivity index (χ3v) is 4.46. The highest BCUT2D eigenvalue weighted by Gasteiger charge is 2.21. The van der Waals surface area contributed by atoms with Gasteiger partial charge >= 0.3 is 0 Å². The van der Waals surface area contributed by atoms with Crippen LogP contribution in [0.15, 0.2) is 17.7 Å². The Labute approximate surface area is 118 Å². The molecule has 0 amide bonds. The zero-order chi connectivity index (χ0) is 13.7. The van der Waals surface area contributed by atoms with E-state index in [1.807, 2.05) is 0 Å². The average Bonchev–Trinajstić information content (AvgIpc) is 2.67. The first-order valence-corrected chi connectivity index (χ1v) is 7.40. The number of aryl methyl sites for hydroxylation is 1. The number of aromatic amines is 1. The number of H-pyrrole nitrogens is 1. The van der Waals surface area contributed by atoms with Crippen LogP contribution in [0.5, 0.6) is 0 Å². The molecule has 0 saturated heterocycles. The molecule has 2 aliphatic rings. The second kappa shape index (κ2) is 4.23. The van der Waals surface area contributed by atoms with Crippen LogP contribution in [0.4, 0.5) is 5.69 Å². The third-order valence-electron chi connectivity index (χ3n) is 4.46. The van der Waals surface area contributed by atoms with Crippen molar-refractivity contribution in [3.8, 4) is 0 Å². The van der Waals surface area contributed by atoms with Crippen LogP contribution in [0.2, 0.25) is 0 Å². The molecule has 20 heavy (non-hydrogen) atoms. The van der Waals surface area contributed by atoms with Crippen LogP contribution in [-0.2, 0) is 19.3 Å². The van der Waals surface area contributed by atoms with Crippen molar-refractivity contribution < 1.29 is 0 Å². The smallest absolute Gasteiger partial charge is 0.140 e. The predicted octanol–water partition coefficient (Wildman–Crippen LogP) is 3.54. The summed E-state index contributed by atoms with van der Waals surface area (Å²) in [6, 6.07) is 0. The minimum Gasteiger partial charge on any atom is -0.398 e. The Hall–Kier alpha value is -2.03. The molecule has 3 heteroatoms. The fourth-order valence-corrected chi connectivity index (χ4v) is 3.46. The Bertz CT molecular complexity index is 762. The maximum absolute atomic E-state index is 6.50. The van der Waals surface area contributed by atoms with Gasteiger partial charge in [-0.3, -0.25) is 0 Å². The summed E-state index contributed by atoms with van der Waals surface area (Å²) in [5.41, 5.74) is 14.6. The Morgan fingerprint density at radius 1 is 1.25 bits per heavy atom. The summed E-state index contributed by atoms with van der Waals surface area (Å²) in [4.78, 5) is 8.33. The van der Waals surface area contributed by atoms with E-state index in [4.69, 9.17) is 10.7 Å². The van der Waals surface area contributed by atoms with Gasteiger partial charge in [-0.15, -0.1) is 0 Å². The quantitative estimate of drug-likeness (QED) is 0.765. The first kappa shape index (κ1) is 11.8. The molecule has 102 valence electrons. The first-order valence-electron chi connectivity index (χ1n) is 7.40. The van der Waals surface area contributed by atoms with Crippen molar-refractivity contribution in [3.63, 3.8) is 0 Å². The molecular formula is C17H19N3. The maximum atomic E-state index is 6.50. The normalized spacial score (nSPS) is 17.6. The van der Waals surface area contributed by atoms with E-state index >= 15 is 0 Å². The first-order chi connectivity index (χ1) is 9.74. The molecule has 0 radical (unpaired) electrons. The summed E-state index contributed by atoms with van der Waals surface area (Å²) in [5, 5.41) is 1.13. The SMILES string of the molecule is CC1=Cc2c([nH]c3nc4c(c(N)c23)CCCC4)CC=C1. The molecule has 0 aliphatic heterocycles. The number of nitrogens with one attached hydrogen (secondary N) is 1. The summed E-state index contributed by atoms with van der Waals surface area (Å²) in [6.07, 6.45) is 12.1. The van der Waals surface area contributed by atoms with Crippen LogP contribution in [0.1, 0.15) is 42.3 Å². The lowest BCUT2D eigenvalue weighted by Crippen LogP contribution is -2.09. The lowest BCUT2D eigenvalue weighted by molar-refractivity contribution is 0.672. The molecule has 0 unspecified atom stereocenters. The van der Waals surface area contributed by atoms with Crippen molar-refractivity contribution in [1.82, 2.24) is 9.97 Å². The average molecular weight is 265 g/mol. The van der Waals surface area contributed by atoms with Gasteiger partial charge in [-0.25, -0.2) is 4.98 Å². The monoisotopic (exact) mass is 265 g/mol. The Morgan fingerprint density at radius 3 is 3.00 bits per heavy atom. The number of nitrogens with two attached hydrogens (primary N) is 1. The van der Waals surface area contributed by atoms with Crippen molar-refractivity contribution in [3.05, 3.63) is 40.2 Å². The third kappa shape index (κ3) is 1.62. The van der Waals surface area contributed by atoms with E-state index in [1.54, 1.807) is 0 Å². The van der Waals surface area contributed by atoms with E-state index < -0.39 is 0 Å². The fourth-order valence-electron chi connectivity index (χ4n) is 3.46. The molecular weight excluding hydrogens is 246 g/mol. The van der Waals surface area contributed by atoms with Crippen molar-refractivity contribution >= 4 is 22.8 Å². The molecule has 0 saturated carbocycles. The molecule has 2 heterocycles. The van der Waals surface area contributed by atoms with Gasteiger partial charge in [0.25, 0.3) is 0 Å². The number of nitrogens with zero attached hydrogens (tertiary/aromatic N) is 1. The van der Waals surface area contributed by atoms with E-state index in [2.05, 4.69) is 30.1 Å². The van der Waals surface area contributed by atoms with E-state index in [9.17, 15) is 0 Å². The minimum atomic E-state index is 0.920. The molecule has 0 bridgehead atoms. The molecule has 2 aromatic heterocycles. The number of allylic oxidation sites excluding steroid dienone is 3. The van der Waals surface area contributed by atoms with E-state index in [1.165, 1.54) is 40.9 Å². The van der Waals surface area contributed by atoms with Crippen LogP contribution in [0.25, 0.3) is 17.1 Å². The second-order valence-corrected chi connectivity index (χ2v) is 5.89. The number of nitrogen functional groups attached to an aromatic ring is 1. The molecule has 3 N–H and O–H groups in total. The predicted molar refractivity (Wildman–Crippen MR) is 83.6 cm³/mol. The van der Waals surface area contributed by atoms with Gasteiger partial charge < -0.3 is 10.7 Å². The summed E-state index contributed by atoms with van der Waals surface area (Å²) >= 11 is 0. The van der Waals surface area contributed by atoms with Gasteiger partial charge in [0.15, 0.2) is 0 Å². The number of anilines is 1. The van der Waals surface area contributed by atoms with Crippen LogP contribution in [-0.4, -0.2) is 9.97 Å². The van der Waals surface area contributed by atoms with E-state index in [0.29, 0.717) is 0 Å². The van der Waals surface area contributed by atoms with Crippen molar-refractivity contribution in [1.29, 1.82) is 0 Å². The van der Waals surface area contributed by atoms with Gasteiger partial charge in [0.2, 0.25) is 0 Å². The van der Waals surface area contributed by atoms with Crippen LogP contribution >= 0.6 is 0 Å². The number of rotatable bonds is 0. The summed E-state index contributed by atoms with van der Waals surface area (Å²) in [6.45, 7) is 2.13. The molecule has 0 spiro atoms. The lowest BCUT2D eigenvalue weighted by atomic mass is 9.93. The molecule has 0 atom stereocenters. The Kier molecular flexibility index (Phi) is 2.49. The van der Waals surface area contributed by atoms with Gasteiger partial charge in [-0.05, 0) is 44.2 Å². The van der Waals surface area contributed by atoms with Gasteiger partial charge in [0.05, 0.1) is 0 Å². The lowest BCUT2D eigenvalue weighted by Gasteiger charge is -2.17. The number of aromatic nitrogens is 2. The highest BCUT2D eigenvalue weighted by Crippen LogP contribution is 2.36. The van der Waals surface area contributed by atoms with Crippen LogP contribution in [0, 0.1) is 0 Å². The van der Waals surface area contributed by atoms with E-state index in [0.717, 1.165) is 36.0 Å². The van der Waals surface area contributed by atoms with Gasteiger partial charge in [0, 0.05) is 34.4 Å². The topological polar surface area (TPSA) is 54.7 Å². The molecule has 3 nitrogen and oxygen atoms in total. The van der Waals surface area contributed by atoms with Crippen molar-refractivity contribution in [2.45, 2.75) is 39.0 Å². The van der Waals surface area contributed by atoms with E-state index in [-0.39, 0.29) is 0 Å². The molecule has 0 aromatic carbocycles. The zero-order valence-corrected chi connectivity index (χ0v) is 11.8. The largest absolute Gasteiger partial charge is 0.398 e. The summed E-state index contributed by atoms with van der Waals surface area (Å²) in [5.74, 6) is 0. The van der Waals surface area contributed by atoms with Crippen LogP contribution < -0.4 is 5.73 Å². The number of hydrogen-bond acceptors (Lipinski definition) is 2. The molecule has 4 rings (SSSR count). The minimum absolute atomic E-state index is 0.920. The standard InChI is InChI=1S/C17H19N3/c1-10-5-4-8-14-12(9-10)15-16(18)11-6-2-3-7-13(11)19-17(15)20-14/h4-5,9H,2-3,6-8H2,1H3,(H3,18,19,20). The number of pyridine rings is 1. The molecule has 2 aromatic rings. The van der Waals surface area contributed by atoms with Gasteiger partial charge in [-0.1, -0.05) is 17.7 Å². The number of fused-ring (bicyclic) bond motifs is 4. The van der Waals surface area contributed by atoms with Crippen molar-refractivity contribution in [2.24, 2.45) is 0 Å².